The SMILES string of the molecule is C=C(CCN)OCCC. The number of hydrogen-bond donors (Lipinski definition) is 1. The van der Waals surface area contributed by atoms with E-state index in [4.69, 9.17) is 10.5 Å². The first-order valence-electron chi connectivity index (χ1n) is 3.32. The van der Waals surface area contributed by atoms with Gasteiger partial charge in [-0.1, -0.05) is 13.5 Å². The topological polar surface area (TPSA) is 35.2 Å². The fraction of sp³-hybridized carbons (Fsp3) is 0.714. The van der Waals surface area contributed by atoms with Gasteiger partial charge >= 0.3 is 0 Å². The fourth-order valence-corrected chi connectivity index (χ4v) is 0.480. The van der Waals surface area contributed by atoms with Gasteiger partial charge in [0.15, 0.2) is 0 Å². The van der Waals surface area contributed by atoms with Gasteiger partial charge in [0.1, 0.15) is 0 Å². The van der Waals surface area contributed by atoms with Crippen molar-refractivity contribution in [2.24, 2.45) is 5.73 Å². The van der Waals surface area contributed by atoms with Crippen molar-refractivity contribution in [2.45, 2.75) is 19.8 Å². The molecule has 9 heavy (non-hydrogen) atoms. The summed E-state index contributed by atoms with van der Waals surface area (Å²) >= 11 is 0. The highest BCUT2D eigenvalue weighted by Gasteiger charge is 1.89. The molecule has 0 atom stereocenters. The Morgan fingerprint density at radius 1 is 1.67 bits per heavy atom. The van der Waals surface area contributed by atoms with Crippen LogP contribution in [0.5, 0.6) is 0 Å². The molecule has 0 amide bonds. The van der Waals surface area contributed by atoms with E-state index in [-0.39, 0.29) is 0 Å². The summed E-state index contributed by atoms with van der Waals surface area (Å²) in [6.07, 6.45) is 1.81. The first kappa shape index (κ1) is 8.50. The summed E-state index contributed by atoms with van der Waals surface area (Å²) in [7, 11) is 0. The van der Waals surface area contributed by atoms with Gasteiger partial charge in [0, 0.05) is 6.42 Å². The van der Waals surface area contributed by atoms with Crippen LogP contribution < -0.4 is 5.73 Å². The molecule has 2 N–H and O–H groups in total. The Morgan fingerprint density at radius 3 is 2.78 bits per heavy atom. The minimum Gasteiger partial charge on any atom is -0.499 e. The average Bonchev–Trinajstić information content (AvgIpc) is 1.85. The highest BCUT2D eigenvalue weighted by Crippen LogP contribution is 1.97. The Labute approximate surface area is 56.7 Å². The molecule has 0 aromatic carbocycles. The number of rotatable bonds is 5. The summed E-state index contributed by atoms with van der Waals surface area (Å²) in [6.45, 7) is 7.14. The molecular formula is C7H15NO. The molecule has 0 saturated carbocycles. The van der Waals surface area contributed by atoms with Crippen molar-refractivity contribution in [3.8, 4) is 0 Å². The Kier molecular flexibility index (Phi) is 5.32. The smallest absolute Gasteiger partial charge is 0.0900 e. The molecule has 0 aliphatic heterocycles. The molecule has 0 radical (unpaired) electrons. The lowest BCUT2D eigenvalue weighted by molar-refractivity contribution is 0.205. The van der Waals surface area contributed by atoms with Crippen LogP contribution in [0.15, 0.2) is 12.3 Å². The molecule has 0 aromatic rings. The molecule has 0 aliphatic rings. The van der Waals surface area contributed by atoms with E-state index in [1.54, 1.807) is 0 Å². The van der Waals surface area contributed by atoms with E-state index in [1.165, 1.54) is 0 Å². The second-order valence-corrected chi connectivity index (χ2v) is 1.93. The van der Waals surface area contributed by atoms with E-state index >= 15 is 0 Å². The van der Waals surface area contributed by atoms with Crippen molar-refractivity contribution in [2.75, 3.05) is 13.2 Å². The molecule has 0 fully saturated rings. The van der Waals surface area contributed by atoms with Gasteiger partial charge in [-0.05, 0) is 13.0 Å². The van der Waals surface area contributed by atoms with Gasteiger partial charge in [-0.25, -0.2) is 0 Å². The standard InChI is InChI=1S/C7H15NO/c1-3-6-9-7(2)4-5-8/h2-6,8H2,1H3. The molecule has 2 heteroatoms. The van der Waals surface area contributed by atoms with Gasteiger partial charge < -0.3 is 10.5 Å². The van der Waals surface area contributed by atoms with Crippen molar-refractivity contribution < 1.29 is 4.74 Å². The third-order valence-corrected chi connectivity index (χ3v) is 0.933. The third kappa shape index (κ3) is 5.37. The van der Waals surface area contributed by atoms with Crippen molar-refractivity contribution in [1.82, 2.24) is 0 Å². The normalized spacial score (nSPS) is 9.11. The molecule has 0 spiro atoms. The molecule has 2 nitrogen and oxygen atoms in total. The maximum absolute atomic E-state index is 5.26. The second kappa shape index (κ2) is 5.63. The van der Waals surface area contributed by atoms with Crippen LogP contribution >= 0.6 is 0 Å². The van der Waals surface area contributed by atoms with Crippen LogP contribution in [0.1, 0.15) is 19.8 Å². The summed E-state index contributed by atoms with van der Waals surface area (Å²) < 4.78 is 5.16. The minimum atomic E-state index is 0.628. The summed E-state index contributed by atoms with van der Waals surface area (Å²) in [5.74, 6) is 0.805. The van der Waals surface area contributed by atoms with E-state index in [0.29, 0.717) is 6.54 Å². The summed E-state index contributed by atoms with van der Waals surface area (Å²) in [5.41, 5.74) is 5.26. The summed E-state index contributed by atoms with van der Waals surface area (Å²) in [4.78, 5) is 0. The van der Waals surface area contributed by atoms with Gasteiger partial charge in [-0.2, -0.15) is 0 Å². The minimum absolute atomic E-state index is 0.628. The van der Waals surface area contributed by atoms with Crippen molar-refractivity contribution in [3.05, 3.63) is 12.3 Å². The van der Waals surface area contributed by atoms with E-state index in [0.717, 1.165) is 25.2 Å². The molecule has 0 saturated heterocycles. The number of ether oxygens (including phenoxy) is 1. The van der Waals surface area contributed by atoms with Crippen LogP contribution in [0, 0.1) is 0 Å². The fourth-order valence-electron chi connectivity index (χ4n) is 0.480. The summed E-state index contributed by atoms with van der Waals surface area (Å²) in [6, 6.07) is 0. The molecule has 0 rings (SSSR count). The van der Waals surface area contributed by atoms with Crippen molar-refractivity contribution >= 4 is 0 Å². The van der Waals surface area contributed by atoms with Crippen LogP contribution in [0.25, 0.3) is 0 Å². The quantitative estimate of drug-likeness (QED) is 0.567. The maximum Gasteiger partial charge on any atom is 0.0900 e. The zero-order chi connectivity index (χ0) is 7.11. The van der Waals surface area contributed by atoms with Crippen LogP contribution in [0.4, 0.5) is 0 Å². The Hall–Kier alpha value is -0.500. The lowest BCUT2D eigenvalue weighted by atomic mass is 10.4. The van der Waals surface area contributed by atoms with Gasteiger partial charge in [0.2, 0.25) is 0 Å². The van der Waals surface area contributed by atoms with Crippen molar-refractivity contribution in [1.29, 1.82) is 0 Å². The van der Waals surface area contributed by atoms with E-state index in [9.17, 15) is 0 Å². The number of hydrogen-bond acceptors (Lipinski definition) is 2. The van der Waals surface area contributed by atoms with E-state index in [1.807, 2.05) is 0 Å². The maximum atomic E-state index is 5.26. The van der Waals surface area contributed by atoms with Gasteiger partial charge in [-0.15, -0.1) is 0 Å². The van der Waals surface area contributed by atoms with Gasteiger partial charge in [-0.3, -0.25) is 0 Å². The molecule has 0 aliphatic carbocycles. The van der Waals surface area contributed by atoms with Crippen LogP contribution in [0.2, 0.25) is 0 Å². The first-order chi connectivity index (χ1) is 4.31. The lowest BCUT2D eigenvalue weighted by Crippen LogP contribution is -2.02. The third-order valence-electron chi connectivity index (χ3n) is 0.933. The summed E-state index contributed by atoms with van der Waals surface area (Å²) in [5, 5.41) is 0. The highest BCUT2D eigenvalue weighted by molar-refractivity contribution is 4.81. The Balaban J connectivity index is 3.06. The predicted molar refractivity (Wildman–Crippen MR) is 39.1 cm³/mol. The molecule has 54 valence electrons. The Morgan fingerprint density at radius 2 is 2.33 bits per heavy atom. The van der Waals surface area contributed by atoms with Crippen LogP contribution in [-0.4, -0.2) is 13.2 Å². The van der Waals surface area contributed by atoms with Gasteiger partial charge in [0.25, 0.3) is 0 Å². The van der Waals surface area contributed by atoms with Gasteiger partial charge in [0.05, 0.1) is 12.4 Å². The predicted octanol–water partition coefficient (Wildman–Crippen LogP) is 1.28. The van der Waals surface area contributed by atoms with E-state index in [2.05, 4.69) is 13.5 Å². The molecule has 0 unspecified atom stereocenters. The first-order valence-corrected chi connectivity index (χ1v) is 3.32. The molecular weight excluding hydrogens is 114 g/mol. The molecule has 0 bridgehead atoms. The lowest BCUT2D eigenvalue weighted by Gasteiger charge is -2.04. The zero-order valence-electron chi connectivity index (χ0n) is 6.02. The number of nitrogens with two attached hydrogens (primary N) is 1. The Bertz CT molecular complexity index is 81.0. The zero-order valence-corrected chi connectivity index (χ0v) is 6.02. The highest BCUT2D eigenvalue weighted by atomic mass is 16.5. The largest absolute Gasteiger partial charge is 0.499 e. The second-order valence-electron chi connectivity index (χ2n) is 1.93. The van der Waals surface area contributed by atoms with Crippen LogP contribution in [-0.2, 0) is 4.74 Å². The average molecular weight is 129 g/mol. The molecule has 0 aromatic heterocycles. The van der Waals surface area contributed by atoms with Crippen LogP contribution in [0.3, 0.4) is 0 Å². The monoisotopic (exact) mass is 129 g/mol. The molecule has 0 heterocycles. The van der Waals surface area contributed by atoms with Crippen molar-refractivity contribution in [3.63, 3.8) is 0 Å². The van der Waals surface area contributed by atoms with E-state index < -0.39 is 0 Å².